The Hall–Kier alpha value is -2.56. The number of likely N-dealkylation sites (tertiary alicyclic amines) is 1. The summed E-state index contributed by atoms with van der Waals surface area (Å²) in [6, 6.07) is 10.1. The van der Waals surface area contributed by atoms with Gasteiger partial charge in [0.25, 0.3) is 0 Å². The average molecular weight is 422 g/mol. The van der Waals surface area contributed by atoms with Gasteiger partial charge in [-0.05, 0) is 69.3 Å². The molecular weight excluding hydrogens is 399 g/mol. The zero-order valence-electron chi connectivity index (χ0n) is 16.8. The van der Waals surface area contributed by atoms with E-state index in [1.165, 1.54) is 12.8 Å². The van der Waals surface area contributed by atoms with Gasteiger partial charge in [-0.25, -0.2) is 18.1 Å². The molecule has 2 heterocycles. The van der Waals surface area contributed by atoms with Gasteiger partial charge in [0.2, 0.25) is 16.0 Å². The highest BCUT2D eigenvalue weighted by Crippen LogP contribution is 2.18. The van der Waals surface area contributed by atoms with Crippen LogP contribution in [0.5, 0.6) is 0 Å². The Balaban J connectivity index is 1.41. The minimum absolute atomic E-state index is 0.220. The normalized spacial score (nSPS) is 15.0. The largest absolute Gasteiger partial charge is 0.323 e. The molecule has 3 aromatic rings. The highest BCUT2D eigenvalue weighted by atomic mass is 32.2. The molecular formula is C20H23BN6O2S. The highest BCUT2D eigenvalue weighted by Gasteiger charge is 2.16. The van der Waals surface area contributed by atoms with Crippen LogP contribution in [0, 0.1) is 6.92 Å². The van der Waals surface area contributed by atoms with E-state index in [0.29, 0.717) is 34.7 Å². The summed E-state index contributed by atoms with van der Waals surface area (Å²) < 4.78 is 27.6. The fourth-order valence-electron chi connectivity index (χ4n) is 3.43. The van der Waals surface area contributed by atoms with Crippen molar-refractivity contribution in [2.24, 2.45) is 0 Å². The zero-order chi connectivity index (χ0) is 21.1. The molecule has 8 nitrogen and oxygen atoms in total. The lowest BCUT2D eigenvalue weighted by atomic mass is 9.91. The summed E-state index contributed by atoms with van der Waals surface area (Å²) in [5.41, 5.74) is 3.52. The predicted octanol–water partition coefficient (Wildman–Crippen LogP) is 1.24. The maximum atomic E-state index is 12.5. The summed E-state index contributed by atoms with van der Waals surface area (Å²) in [5, 5.41) is 11.2. The second-order valence-electron chi connectivity index (χ2n) is 7.43. The van der Waals surface area contributed by atoms with Gasteiger partial charge in [-0.3, -0.25) is 0 Å². The SMILES string of the molecule is [B]c1cc2nnc(Nc3ccc(S(=O)(=O)NCCN4CCCC4)cc3)nc2cc1C. The zero-order valence-corrected chi connectivity index (χ0v) is 17.6. The van der Waals surface area contributed by atoms with Crippen LogP contribution in [0.25, 0.3) is 11.0 Å². The molecule has 30 heavy (non-hydrogen) atoms. The van der Waals surface area contributed by atoms with Crippen molar-refractivity contribution in [3.05, 3.63) is 42.0 Å². The van der Waals surface area contributed by atoms with Gasteiger partial charge in [0.05, 0.1) is 10.4 Å². The van der Waals surface area contributed by atoms with Crippen LogP contribution in [0.2, 0.25) is 0 Å². The Morgan fingerprint density at radius 1 is 1.07 bits per heavy atom. The van der Waals surface area contributed by atoms with Gasteiger partial charge in [0, 0.05) is 18.8 Å². The fraction of sp³-hybridized carbons (Fsp3) is 0.350. The molecule has 0 atom stereocenters. The number of benzene rings is 2. The van der Waals surface area contributed by atoms with Crippen molar-refractivity contribution < 1.29 is 8.42 Å². The number of fused-ring (bicyclic) bond motifs is 1. The maximum Gasteiger partial charge on any atom is 0.247 e. The number of rotatable bonds is 7. The first-order valence-corrected chi connectivity index (χ1v) is 11.4. The second-order valence-corrected chi connectivity index (χ2v) is 9.20. The maximum absolute atomic E-state index is 12.5. The van der Waals surface area contributed by atoms with Crippen LogP contribution < -0.4 is 15.5 Å². The lowest BCUT2D eigenvalue weighted by Gasteiger charge is -2.15. The van der Waals surface area contributed by atoms with E-state index in [1.807, 2.05) is 13.0 Å². The Morgan fingerprint density at radius 2 is 1.80 bits per heavy atom. The third-order valence-electron chi connectivity index (χ3n) is 5.18. The molecule has 0 aliphatic carbocycles. The third-order valence-corrected chi connectivity index (χ3v) is 6.66. The average Bonchev–Trinajstić information content (AvgIpc) is 3.23. The van der Waals surface area contributed by atoms with Gasteiger partial charge in [-0.2, -0.15) is 0 Å². The quantitative estimate of drug-likeness (QED) is 0.553. The number of nitrogens with zero attached hydrogens (tertiary/aromatic N) is 4. The number of sulfonamides is 1. The highest BCUT2D eigenvalue weighted by molar-refractivity contribution is 7.89. The van der Waals surface area contributed by atoms with E-state index in [1.54, 1.807) is 30.3 Å². The number of nitrogens with one attached hydrogen (secondary N) is 2. The molecule has 4 rings (SSSR count). The van der Waals surface area contributed by atoms with E-state index in [4.69, 9.17) is 7.85 Å². The van der Waals surface area contributed by atoms with Crippen LogP contribution in [0.15, 0.2) is 41.3 Å². The molecule has 2 radical (unpaired) electrons. The van der Waals surface area contributed by atoms with Crippen molar-refractivity contribution in [2.45, 2.75) is 24.7 Å². The number of aromatic nitrogens is 3. The van der Waals surface area contributed by atoms with E-state index < -0.39 is 10.0 Å². The summed E-state index contributed by atoms with van der Waals surface area (Å²) in [4.78, 5) is 6.93. The lowest BCUT2D eigenvalue weighted by Crippen LogP contribution is -2.33. The second kappa shape index (κ2) is 8.67. The molecule has 0 saturated carbocycles. The first-order chi connectivity index (χ1) is 14.4. The molecule has 0 bridgehead atoms. The molecule has 2 N–H and O–H groups in total. The number of hydrogen-bond acceptors (Lipinski definition) is 7. The van der Waals surface area contributed by atoms with Crippen molar-refractivity contribution >= 4 is 46.0 Å². The molecule has 0 amide bonds. The first-order valence-electron chi connectivity index (χ1n) is 9.90. The Labute approximate surface area is 177 Å². The van der Waals surface area contributed by atoms with Crippen molar-refractivity contribution in [3.63, 3.8) is 0 Å². The standard InChI is InChI=1S/C20H23BN6O2S/c1-14-12-18-19(13-17(14)21)25-26-20(24-18)23-15-4-6-16(7-5-15)30(28,29)22-8-11-27-9-2-3-10-27/h4-7,12-13,22H,2-3,8-11H2,1H3,(H,23,24,26). The molecule has 0 spiro atoms. The lowest BCUT2D eigenvalue weighted by molar-refractivity contribution is 0.344. The van der Waals surface area contributed by atoms with Crippen molar-refractivity contribution in [3.8, 4) is 0 Å². The predicted molar refractivity (Wildman–Crippen MR) is 118 cm³/mol. The molecule has 1 saturated heterocycles. The van der Waals surface area contributed by atoms with Crippen LogP contribution in [0.3, 0.4) is 0 Å². The van der Waals surface area contributed by atoms with Crippen LogP contribution in [0.1, 0.15) is 18.4 Å². The van der Waals surface area contributed by atoms with Crippen LogP contribution in [-0.4, -0.2) is 62.5 Å². The molecule has 154 valence electrons. The third kappa shape index (κ3) is 4.77. The Bertz CT molecular complexity index is 1150. The van der Waals surface area contributed by atoms with Crippen molar-refractivity contribution in [1.29, 1.82) is 0 Å². The van der Waals surface area contributed by atoms with E-state index in [9.17, 15) is 8.42 Å². The molecule has 1 aromatic heterocycles. The Kier molecular flexibility index (Phi) is 5.98. The first kappa shape index (κ1) is 20.7. The number of anilines is 2. The van der Waals surface area contributed by atoms with E-state index >= 15 is 0 Å². The fourth-order valence-corrected chi connectivity index (χ4v) is 4.45. The van der Waals surface area contributed by atoms with Gasteiger partial charge < -0.3 is 10.2 Å². The summed E-state index contributed by atoms with van der Waals surface area (Å²) in [6.45, 7) is 5.13. The minimum atomic E-state index is -3.54. The van der Waals surface area contributed by atoms with Gasteiger partial charge in [0.1, 0.15) is 13.4 Å². The number of aryl methyl sites for hydroxylation is 1. The van der Waals surface area contributed by atoms with Gasteiger partial charge in [-0.15, -0.1) is 10.2 Å². The summed E-state index contributed by atoms with van der Waals surface area (Å²) in [6.07, 6.45) is 2.37. The Morgan fingerprint density at radius 3 is 2.53 bits per heavy atom. The molecule has 1 fully saturated rings. The monoisotopic (exact) mass is 422 g/mol. The molecule has 10 heteroatoms. The summed E-state index contributed by atoms with van der Waals surface area (Å²) >= 11 is 0. The van der Waals surface area contributed by atoms with Crippen molar-refractivity contribution in [2.75, 3.05) is 31.5 Å². The van der Waals surface area contributed by atoms with Gasteiger partial charge in [-0.1, -0.05) is 11.0 Å². The van der Waals surface area contributed by atoms with Gasteiger partial charge >= 0.3 is 0 Å². The van der Waals surface area contributed by atoms with Crippen LogP contribution >= 0.6 is 0 Å². The summed E-state index contributed by atoms with van der Waals surface area (Å²) in [7, 11) is 2.35. The van der Waals surface area contributed by atoms with E-state index in [-0.39, 0.29) is 4.90 Å². The van der Waals surface area contributed by atoms with Gasteiger partial charge in [0.15, 0.2) is 0 Å². The smallest absolute Gasteiger partial charge is 0.247 e. The number of hydrogen-bond donors (Lipinski definition) is 2. The van der Waals surface area contributed by atoms with Crippen molar-refractivity contribution in [1.82, 2.24) is 24.8 Å². The minimum Gasteiger partial charge on any atom is -0.323 e. The summed E-state index contributed by atoms with van der Waals surface area (Å²) in [5.74, 6) is 0.325. The van der Waals surface area contributed by atoms with Crippen LogP contribution in [0.4, 0.5) is 11.6 Å². The molecule has 1 aliphatic rings. The topological polar surface area (TPSA) is 100 Å². The van der Waals surface area contributed by atoms with E-state index in [0.717, 1.165) is 25.2 Å². The molecule has 0 unspecified atom stereocenters. The molecule has 2 aromatic carbocycles. The van der Waals surface area contributed by atoms with E-state index in [2.05, 4.69) is 30.1 Å². The van der Waals surface area contributed by atoms with Crippen LogP contribution in [-0.2, 0) is 10.0 Å². The molecule has 1 aliphatic heterocycles.